The summed E-state index contributed by atoms with van der Waals surface area (Å²) in [4.78, 5) is 22.7. The van der Waals surface area contributed by atoms with Crippen LogP contribution in [-0.2, 0) is 19.4 Å². The second-order valence-corrected chi connectivity index (χ2v) is 7.79. The molecule has 0 saturated heterocycles. The van der Waals surface area contributed by atoms with Gasteiger partial charge in [-0.25, -0.2) is 8.42 Å². The molecule has 0 aromatic rings. The Morgan fingerprint density at radius 1 is 1.32 bits per heavy atom. The largest absolute Gasteiger partial charge is 0.481 e. The fourth-order valence-electron chi connectivity index (χ4n) is 1.41. The molecular formula is C11H18ClNO5S. The number of carboxylic acid groups (broad SMARTS) is 1. The zero-order valence-corrected chi connectivity index (χ0v) is 12.8. The first-order chi connectivity index (χ1) is 8.28. The molecule has 0 aliphatic rings. The lowest BCUT2D eigenvalue weighted by Crippen LogP contribution is -2.38. The minimum Gasteiger partial charge on any atom is -0.481 e. The molecule has 0 heterocycles. The summed E-state index contributed by atoms with van der Waals surface area (Å²) in [7, 11) is -3.77. The zero-order valence-electron chi connectivity index (χ0n) is 11.2. The van der Waals surface area contributed by atoms with E-state index in [1.807, 2.05) is 0 Å². The normalized spacial score (nSPS) is 15.7. The van der Waals surface area contributed by atoms with Crippen molar-refractivity contribution in [3.05, 3.63) is 9.94 Å². The Morgan fingerprint density at radius 2 is 1.74 bits per heavy atom. The molecule has 0 aromatic heterocycles. The van der Waals surface area contributed by atoms with Crippen molar-refractivity contribution in [1.29, 1.82) is 0 Å². The lowest BCUT2D eigenvalue weighted by atomic mass is 9.82. The van der Waals surface area contributed by atoms with Crippen molar-refractivity contribution < 1.29 is 23.1 Å². The molecular weight excluding hydrogens is 294 g/mol. The summed E-state index contributed by atoms with van der Waals surface area (Å²) in [5.74, 6) is -2.02. The molecule has 0 fully saturated rings. The van der Waals surface area contributed by atoms with Gasteiger partial charge in [-0.15, -0.1) is 0 Å². The highest BCUT2D eigenvalue weighted by molar-refractivity contribution is 7.96. The smallest absolute Gasteiger partial charge is 0.305 e. The Kier molecular flexibility index (Phi) is 5.73. The predicted octanol–water partition coefficient (Wildman–Crippen LogP) is 0.899. The molecule has 0 saturated carbocycles. The Labute approximate surface area is 117 Å². The summed E-state index contributed by atoms with van der Waals surface area (Å²) in [6.45, 7) is 4.80. The summed E-state index contributed by atoms with van der Waals surface area (Å²) in [5, 5.41) is 8.62. The van der Waals surface area contributed by atoms with Gasteiger partial charge < -0.3 is 10.8 Å². The molecule has 19 heavy (non-hydrogen) atoms. The molecule has 3 N–H and O–H groups in total. The maximum atomic E-state index is 12.1. The van der Waals surface area contributed by atoms with Crippen molar-refractivity contribution >= 4 is 33.2 Å². The van der Waals surface area contributed by atoms with Crippen LogP contribution in [0.3, 0.4) is 0 Å². The Bertz CT molecular complexity index is 516. The topological polar surface area (TPSA) is 115 Å². The first-order valence-electron chi connectivity index (χ1n) is 5.40. The van der Waals surface area contributed by atoms with Crippen molar-refractivity contribution in [2.45, 2.75) is 33.2 Å². The monoisotopic (exact) mass is 311 g/mol. The van der Waals surface area contributed by atoms with E-state index in [0.717, 1.165) is 6.26 Å². The number of halogens is 1. The van der Waals surface area contributed by atoms with Crippen LogP contribution in [0.2, 0.25) is 0 Å². The molecule has 0 unspecified atom stereocenters. The van der Waals surface area contributed by atoms with Crippen LogP contribution in [0, 0.1) is 5.41 Å². The molecule has 0 aliphatic carbocycles. The highest BCUT2D eigenvalue weighted by Crippen LogP contribution is 2.33. The van der Waals surface area contributed by atoms with Crippen molar-refractivity contribution in [1.82, 2.24) is 0 Å². The van der Waals surface area contributed by atoms with E-state index in [2.05, 4.69) is 0 Å². The standard InChI is InChI=1S/C11H18ClNO5S/c1-11(2,3)8(10(12)19(4,17)18)9(16)6(13)5-7(14)15/h6H,5,13H2,1-4H3,(H,14,15)/t6-/m0/s1. The van der Waals surface area contributed by atoms with Crippen LogP contribution in [0.15, 0.2) is 9.94 Å². The van der Waals surface area contributed by atoms with Gasteiger partial charge in [0.1, 0.15) is 4.36 Å². The van der Waals surface area contributed by atoms with Crippen LogP contribution in [0.1, 0.15) is 27.2 Å². The van der Waals surface area contributed by atoms with Crippen LogP contribution in [0.25, 0.3) is 0 Å². The third-order valence-electron chi connectivity index (χ3n) is 2.25. The van der Waals surface area contributed by atoms with Gasteiger partial charge in [-0.2, -0.15) is 0 Å². The van der Waals surface area contributed by atoms with Crippen LogP contribution in [0.5, 0.6) is 0 Å². The molecule has 0 aliphatic heterocycles. The van der Waals surface area contributed by atoms with E-state index in [4.69, 9.17) is 22.4 Å². The molecule has 8 heteroatoms. The van der Waals surface area contributed by atoms with E-state index in [0.29, 0.717) is 0 Å². The van der Waals surface area contributed by atoms with Gasteiger partial charge in [0.25, 0.3) is 0 Å². The summed E-state index contributed by atoms with van der Waals surface area (Å²) in [6.07, 6.45) is 0.281. The Hall–Kier alpha value is -0.920. The highest BCUT2D eigenvalue weighted by atomic mass is 35.5. The molecule has 0 radical (unpaired) electrons. The first-order valence-corrected chi connectivity index (χ1v) is 7.67. The molecule has 0 bridgehead atoms. The van der Waals surface area contributed by atoms with Gasteiger partial charge in [0.2, 0.25) is 0 Å². The number of carbonyl (C=O) groups excluding carboxylic acids is 1. The van der Waals surface area contributed by atoms with Gasteiger partial charge in [-0.05, 0) is 5.41 Å². The fraction of sp³-hybridized carbons (Fsp3) is 0.636. The molecule has 0 spiro atoms. The van der Waals surface area contributed by atoms with Crippen LogP contribution in [-0.4, -0.2) is 37.6 Å². The Morgan fingerprint density at radius 3 is 2.00 bits per heavy atom. The number of sulfone groups is 1. The second kappa shape index (κ2) is 6.02. The lowest BCUT2D eigenvalue weighted by Gasteiger charge is -2.25. The number of Topliss-reactive ketones (excluding diaryl/α,β-unsaturated/α-hetero) is 1. The third-order valence-corrected chi connectivity index (χ3v) is 4.13. The van der Waals surface area contributed by atoms with Crippen molar-refractivity contribution in [3.8, 4) is 0 Å². The van der Waals surface area contributed by atoms with E-state index in [1.54, 1.807) is 20.8 Å². The number of hydrogen-bond donors (Lipinski definition) is 2. The SMILES string of the molecule is CC(C)(C)C(C(=O)[C@@H](N)CC(=O)O)=C(Cl)S(C)(=O)=O. The maximum Gasteiger partial charge on any atom is 0.305 e. The molecule has 0 rings (SSSR count). The van der Waals surface area contributed by atoms with E-state index >= 15 is 0 Å². The van der Waals surface area contributed by atoms with E-state index in [1.165, 1.54) is 0 Å². The second-order valence-electron chi connectivity index (χ2n) is 5.24. The van der Waals surface area contributed by atoms with Crippen molar-refractivity contribution in [2.75, 3.05) is 6.26 Å². The molecule has 1 atom stereocenters. The van der Waals surface area contributed by atoms with Gasteiger partial charge in [0.05, 0.1) is 12.5 Å². The van der Waals surface area contributed by atoms with Crippen LogP contribution in [0.4, 0.5) is 0 Å². The molecule has 110 valence electrons. The minimum atomic E-state index is -3.77. The number of ketones is 1. The molecule has 0 amide bonds. The van der Waals surface area contributed by atoms with Crippen LogP contribution < -0.4 is 5.73 Å². The third kappa shape index (κ3) is 5.30. The average Bonchev–Trinajstić information content (AvgIpc) is 2.12. The Balaban J connectivity index is 5.82. The number of carbonyl (C=O) groups is 2. The maximum absolute atomic E-state index is 12.1. The van der Waals surface area contributed by atoms with Gasteiger partial charge in [-0.1, -0.05) is 32.4 Å². The summed E-state index contributed by atoms with van der Waals surface area (Å²) in [6, 6.07) is -1.33. The molecule has 6 nitrogen and oxygen atoms in total. The van der Waals surface area contributed by atoms with Crippen molar-refractivity contribution in [3.63, 3.8) is 0 Å². The zero-order chi connectivity index (χ0) is 15.6. The first kappa shape index (κ1) is 18.1. The number of rotatable bonds is 5. The minimum absolute atomic E-state index is 0.176. The quantitative estimate of drug-likeness (QED) is 0.729. The van der Waals surface area contributed by atoms with E-state index < -0.39 is 43.8 Å². The number of aliphatic carboxylic acids is 1. The van der Waals surface area contributed by atoms with Gasteiger partial charge in [-0.3, -0.25) is 9.59 Å². The van der Waals surface area contributed by atoms with Gasteiger partial charge in [0.15, 0.2) is 15.6 Å². The van der Waals surface area contributed by atoms with Crippen molar-refractivity contribution in [2.24, 2.45) is 11.1 Å². The van der Waals surface area contributed by atoms with Crippen LogP contribution >= 0.6 is 11.6 Å². The summed E-state index contributed by atoms with van der Waals surface area (Å²) < 4.78 is 22.3. The fourth-order valence-corrected chi connectivity index (χ4v) is 2.57. The van der Waals surface area contributed by atoms with Gasteiger partial charge >= 0.3 is 5.97 Å². The number of nitrogens with two attached hydrogens (primary N) is 1. The average molecular weight is 312 g/mol. The number of carboxylic acids is 1. The summed E-state index contributed by atoms with van der Waals surface area (Å²) in [5.41, 5.74) is 4.44. The van der Waals surface area contributed by atoms with E-state index in [9.17, 15) is 18.0 Å². The highest BCUT2D eigenvalue weighted by Gasteiger charge is 2.34. The van der Waals surface area contributed by atoms with E-state index in [-0.39, 0.29) is 5.57 Å². The molecule has 0 aromatic carbocycles. The number of hydrogen-bond acceptors (Lipinski definition) is 5. The summed E-state index contributed by atoms with van der Waals surface area (Å²) >= 11 is 5.75. The predicted molar refractivity (Wildman–Crippen MR) is 72.4 cm³/mol. The van der Waals surface area contributed by atoms with Gasteiger partial charge in [0, 0.05) is 11.8 Å². The lowest BCUT2D eigenvalue weighted by molar-refractivity contribution is -0.138.